The Kier molecular flexibility index (Phi) is 6.15. The molecule has 0 atom stereocenters. The number of hydrogen-bond donors (Lipinski definition) is 0. The quantitative estimate of drug-likeness (QED) is 0.597. The van der Waals surface area contributed by atoms with E-state index in [1.807, 2.05) is 0 Å². The second-order valence-electron chi connectivity index (χ2n) is 3.47. The highest BCUT2D eigenvalue weighted by molar-refractivity contribution is 7.16. The molecule has 0 aliphatic rings. The third-order valence-corrected chi connectivity index (χ3v) is 3.43. The predicted octanol–water partition coefficient (Wildman–Crippen LogP) is 2.69. The summed E-state index contributed by atoms with van der Waals surface area (Å²) in [5.74, 6) is -2.03. The van der Waals surface area contributed by atoms with Crippen LogP contribution in [0.2, 0.25) is 4.34 Å². The summed E-state index contributed by atoms with van der Waals surface area (Å²) in [7, 11) is 0. The molecule has 0 N–H and O–H groups in total. The van der Waals surface area contributed by atoms with Gasteiger partial charge in [0.25, 0.3) is 0 Å². The maximum Gasteiger partial charge on any atom is 0.320 e. The van der Waals surface area contributed by atoms with Crippen LogP contribution in [0.3, 0.4) is 0 Å². The number of ether oxygens (including phenoxy) is 2. The molecule has 1 aromatic rings. The third kappa shape index (κ3) is 4.31. The molecule has 0 spiro atoms. The Balaban J connectivity index is 2.76. The zero-order valence-electron chi connectivity index (χ0n) is 10.3. The molecule has 0 saturated carbocycles. The summed E-state index contributed by atoms with van der Waals surface area (Å²) < 4.78 is 10.4. The van der Waals surface area contributed by atoms with Crippen molar-refractivity contribution in [3.8, 4) is 0 Å². The van der Waals surface area contributed by atoms with E-state index in [0.717, 1.165) is 4.88 Å². The van der Waals surface area contributed by atoms with Gasteiger partial charge in [-0.1, -0.05) is 11.6 Å². The van der Waals surface area contributed by atoms with Gasteiger partial charge in [-0.05, 0) is 26.0 Å². The van der Waals surface area contributed by atoms with Crippen LogP contribution in [-0.4, -0.2) is 25.2 Å². The first kappa shape index (κ1) is 15.0. The Labute approximate surface area is 115 Å². The lowest BCUT2D eigenvalue weighted by Crippen LogP contribution is -2.29. The van der Waals surface area contributed by atoms with E-state index < -0.39 is 17.9 Å². The Morgan fingerprint density at radius 1 is 1.22 bits per heavy atom. The molecule has 1 heterocycles. The Morgan fingerprint density at radius 3 is 2.17 bits per heavy atom. The van der Waals surface area contributed by atoms with Crippen molar-refractivity contribution in [2.24, 2.45) is 5.92 Å². The zero-order chi connectivity index (χ0) is 13.5. The second-order valence-corrected chi connectivity index (χ2v) is 5.27. The summed E-state index contributed by atoms with van der Waals surface area (Å²) in [5.41, 5.74) is 0. The van der Waals surface area contributed by atoms with E-state index in [0.29, 0.717) is 4.34 Å². The fraction of sp³-hybridized carbons (Fsp3) is 0.500. The maximum absolute atomic E-state index is 11.7. The number of carbonyl (C=O) groups excluding carboxylic acids is 2. The van der Waals surface area contributed by atoms with Crippen LogP contribution in [0.5, 0.6) is 0 Å². The first-order valence-corrected chi connectivity index (χ1v) is 6.85. The normalized spacial score (nSPS) is 10.4. The SMILES string of the molecule is CCOC(=O)C(Cc1ccc(Cl)s1)C(=O)OCC. The minimum absolute atomic E-state index is 0.236. The number of thiophene rings is 1. The van der Waals surface area contributed by atoms with Crippen molar-refractivity contribution in [3.05, 3.63) is 21.3 Å². The fourth-order valence-corrected chi connectivity index (χ4v) is 2.54. The van der Waals surface area contributed by atoms with Crippen molar-refractivity contribution < 1.29 is 19.1 Å². The number of hydrogen-bond acceptors (Lipinski definition) is 5. The number of halogens is 1. The molecule has 100 valence electrons. The van der Waals surface area contributed by atoms with Crippen molar-refractivity contribution in [3.63, 3.8) is 0 Å². The summed E-state index contributed by atoms with van der Waals surface area (Å²) in [6.45, 7) is 3.87. The van der Waals surface area contributed by atoms with Crippen LogP contribution in [0.4, 0.5) is 0 Å². The Morgan fingerprint density at radius 2 is 1.78 bits per heavy atom. The summed E-state index contributed by atoms with van der Waals surface area (Å²) >= 11 is 7.15. The molecular formula is C12H15ClO4S. The molecule has 0 amide bonds. The van der Waals surface area contributed by atoms with Gasteiger partial charge >= 0.3 is 11.9 Å². The first-order chi connectivity index (χ1) is 8.58. The van der Waals surface area contributed by atoms with Gasteiger partial charge in [-0.2, -0.15) is 0 Å². The summed E-state index contributed by atoms with van der Waals surface area (Å²) in [5, 5.41) is 0. The number of rotatable bonds is 6. The van der Waals surface area contributed by atoms with E-state index in [2.05, 4.69) is 0 Å². The van der Waals surface area contributed by atoms with Crippen molar-refractivity contribution in [1.29, 1.82) is 0 Å². The molecule has 18 heavy (non-hydrogen) atoms. The molecule has 0 fully saturated rings. The van der Waals surface area contributed by atoms with Gasteiger partial charge in [0.2, 0.25) is 0 Å². The van der Waals surface area contributed by atoms with Crippen molar-refractivity contribution in [2.75, 3.05) is 13.2 Å². The zero-order valence-corrected chi connectivity index (χ0v) is 11.8. The van der Waals surface area contributed by atoms with E-state index in [1.165, 1.54) is 11.3 Å². The number of esters is 2. The molecule has 0 unspecified atom stereocenters. The Hall–Kier alpha value is -1.07. The average Bonchev–Trinajstić information content (AvgIpc) is 2.72. The van der Waals surface area contributed by atoms with Gasteiger partial charge in [0, 0.05) is 11.3 Å². The molecule has 0 bridgehead atoms. The predicted molar refractivity (Wildman–Crippen MR) is 69.8 cm³/mol. The lowest BCUT2D eigenvalue weighted by molar-refractivity contribution is -0.161. The lowest BCUT2D eigenvalue weighted by Gasteiger charge is -2.13. The molecule has 6 heteroatoms. The van der Waals surface area contributed by atoms with Crippen LogP contribution in [0.1, 0.15) is 18.7 Å². The standard InChI is InChI=1S/C12H15ClO4S/c1-3-16-11(14)9(12(15)17-4-2)7-8-5-6-10(13)18-8/h5-6,9H,3-4,7H2,1-2H3. The summed E-state index contributed by atoms with van der Waals surface area (Å²) in [6, 6.07) is 3.52. The first-order valence-electron chi connectivity index (χ1n) is 5.66. The highest BCUT2D eigenvalue weighted by Gasteiger charge is 2.30. The molecule has 1 rings (SSSR count). The Bertz CT molecular complexity index is 398. The highest BCUT2D eigenvalue weighted by atomic mass is 35.5. The van der Waals surface area contributed by atoms with E-state index in [1.54, 1.807) is 26.0 Å². The van der Waals surface area contributed by atoms with Crippen molar-refractivity contribution in [2.45, 2.75) is 20.3 Å². The fourth-order valence-electron chi connectivity index (χ4n) is 1.41. The molecule has 0 saturated heterocycles. The minimum atomic E-state index is -0.917. The summed E-state index contributed by atoms with van der Waals surface area (Å²) in [4.78, 5) is 24.3. The van der Waals surface area contributed by atoms with Gasteiger partial charge in [0.1, 0.15) is 0 Å². The van der Waals surface area contributed by atoms with Gasteiger partial charge < -0.3 is 9.47 Å². The molecular weight excluding hydrogens is 276 g/mol. The largest absolute Gasteiger partial charge is 0.465 e. The molecule has 4 nitrogen and oxygen atoms in total. The maximum atomic E-state index is 11.7. The second kappa shape index (κ2) is 7.38. The van der Waals surface area contributed by atoms with E-state index >= 15 is 0 Å². The topological polar surface area (TPSA) is 52.6 Å². The smallest absolute Gasteiger partial charge is 0.320 e. The van der Waals surface area contributed by atoms with Gasteiger partial charge in [0.05, 0.1) is 17.6 Å². The van der Waals surface area contributed by atoms with Crippen molar-refractivity contribution >= 4 is 34.9 Å². The van der Waals surface area contributed by atoms with Crippen LogP contribution in [0.15, 0.2) is 12.1 Å². The lowest BCUT2D eigenvalue weighted by atomic mass is 10.1. The van der Waals surface area contributed by atoms with Crippen LogP contribution in [0, 0.1) is 5.92 Å². The number of carbonyl (C=O) groups is 2. The average molecular weight is 291 g/mol. The van der Waals surface area contributed by atoms with Gasteiger partial charge in [-0.3, -0.25) is 9.59 Å². The van der Waals surface area contributed by atoms with Gasteiger partial charge in [0.15, 0.2) is 5.92 Å². The highest BCUT2D eigenvalue weighted by Crippen LogP contribution is 2.24. The van der Waals surface area contributed by atoms with Crippen LogP contribution < -0.4 is 0 Å². The molecule has 0 aromatic carbocycles. The van der Waals surface area contributed by atoms with E-state index in [4.69, 9.17) is 21.1 Å². The van der Waals surface area contributed by atoms with Gasteiger partial charge in [-0.15, -0.1) is 11.3 Å². The van der Waals surface area contributed by atoms with Crippen LogP contribution in [0.25, 0.3) is 0 Å². The van der Waals surface area contributed by atoms with E-state index in [-0.39, 0.29) is 19.6 Å². The van der Waals surface area contributed by atoms with Crippen LogP contribution >= 0.6 is 22.9 Å². The third-order valence-electron chi connectivity index (χ3n) is 2.18. The van der Waals surface area contributed by atoms with Crippen LogP contribution in [-0.2, 0) is 25.5 Å². The minimum Gasteiger partial charge on any atom is -0.465 e. The summed E-state index contributed by atoms with van der Waals surface area (Å²) in [6.07, 6.45) is 0.259. The molecule has 1 aromatic heterocycles. The van der Waals surface area contributed by atoms with E-state index in [9.17, 15) is 9.59 Å². The molecule has 0 aliphatic carbocycles. The molecule has 0 radical (unpaired) electrons. The van der Waals surface area contributed by atoms with Gasteiger partial charge in [-0.25, -0.2) is 0 Å². The monoisotopic (exact) mass is 290 g/mol. The van der Waals surface area contributed by atoms with Crippen molar-refractivity contribution in [1.82, 2.24) is 0 Å². The molecule has 0 aliphatic heterocycles.